The second-order valence-corrected chi connectivity index (χ2v) is 7.32. The molecule has 2 aromatic carbocycles. The molecule has 0 saturated heterocycles. The zero-order valence-corrected chi connectivity index (χ0v) is 15.7. The lowest BCUT2D eigenvalue weighted by molar-refractivity contribution is 0.240. The summed E-state index contributed by atoms with van der Waals surface area (Å²) < 4.78 is 13.4. The monoisotopic (exact) mass is 383 g/mol. The Bertz CT molecular complexity index is 1050. The summed E-state index contributed by atoms with van der Waals surface area (Å²) in [6.07, 6.45) is 0.640. The highest BCUT2D eigenvalue weighted by Crippen LogP contribution is 2.22. The maximum Gasteiger partial charge on any atom is 0.254 e. The molecule has 0 bridgehead atoms. The van der Waals surface area contributed by atoms with Crippen LogP contribution in [0, 0.1) is 12.7 Å². The molecule has 0 amide bonds. The van der Waals surface area contributed by atoms with Crippen LogP contribution in [-0.4, -0.2) is 21.4 Å². The molecule has 4 nitrogen and oxygen atoms in total. The number of aromatic nitrogens is 2. The summed E-state index contributed by atoms with van der Waals surface area (Å²) in [6.45, 7) is 3.98. The van der Waals surface area contributed by atoms with Crippen molar-refractivity contribution in [1.82, 2.24) is 14.9 Å². The quantitative estimate of drug-likeness (QED) is 0.740. The fourth-order valence-corrected chi connectivity index (χ4v) is 3.58. The normalized spacial score (nSPS) is 14.2. The lowest BCUT2D eigenvalue weighted by atomic mass is 10.0. The highest BCUT2D eigenvalue weighted by molar-refractivity contribution is 6.30. The zero-order chi connectivity index (χ0) is 19.0. The summed E-state index contributed by atoms with van der Waals surface area (Å²) in [5, 5.41) is 0.126. The first-order valence-corrected chi connectivity index (χ1v) is 9.23. The molecule has 1 aliphatic heterocycles. The summed E-state index contributed by atoms with van der Waals surface area (Å²) in [4.78, 5) is 22.3. The van der Waals surface area contributed by atoms with Crippen LogP contribution in [0.2, 0.25) is 5.02 Å². The molecule has 2 heterocycles. The molecule has 1 aromatic heterocycles. The number of benzene rings is 2. The van der Waals surface area contributed by atoms with Crippen LogP contribution in [-0.2, 0) is 19.5 Å². The van der Waals surface area contributed by atoms with Crippen molar-refractivity contribution in [1.29, 1.82) is 0 Å². The van der Waals surface area contributed by atoms with Gasteiger partial charge in [0.25, 0.3) is 5.56 Å². The van der Waals surface area contributed by atoms with Gasteiger partial charge in [-0.05, 0) is 31.0 Å². The predicted molar refractivity (Wildman–Crippen MR) is 104 cm³/mol. The summed E-state index contributed by atoms with van der Waals surface area (Å²) in [5.74, 6) is 0.172. The second-order valence-electron chi connectivity index (χ2n) is 6.91. The van der Waals surface area contributed by atoms with Crippen LogP contribution in [0.1, 0.15) is 22.4 Å². The number of rotatable bonds is 3. The van der Waals surface area contributed by atoms with Crippen LogP contribution in [0.3, 0.4) is 0 Å². The highest BCUT2D eigenvalue weighted by Gasteiger charge is 2.21. The average Bonchev–Trinajstić information content (AvgIpc) is 2.65. The average molecular weight is 384 g/mol. The molecule has 27 heavy (non-hydrogen) atoms. The van der Waals surface area contributed by atoms with Gasteiger partial charge in [-0.1, -0.05) is 47.5 Å². The van der Waals surface area contributed by atoms with Gasteiger partial charge in [0.2, 0.25) is 0 Å². The Morgan fingerprint density at radius 2 is 2.00 bits per heavy atom. The zero-order valence-electron chi connectivity index (χ0n) is 14.9. The van der Waals surface area contributed by atoms with E-state index in [1.54, 1.807) is 12.1 Å². The number of nitrogens with one attached hydrogen (secondary N) is 1. The van der Waals surface area contributed by atoms with E-state index in [2.05, 4.69) is 9.88 Å². The van der Waals surface area contributed by atoms with Crippen LogP contribution in [0.25, 0.3) is 11.4 Å². The Morgan fingerprint density at radius 3 is 2.74 bits per heavy atom. The molecule has 4 rings (SSSR count). The number of hydrogen-bond donors (Lipinski definition) is 1. The first-order valence-electron chi connectivity index (χ1n) is 8.85. The van der Waals surface area contributed by atoms with E-state index in [0.29, 0.717) is 25.3 Å². The van der Waals surface area contributed by atoms with Crippen molar-refractivity contribution in [3.8, 4) is 11.4 Å². The van der Waals surface area contributed by atoms with E-state index in [1.807, 2.05) is 31.2 Å². The van der Waals surface area contributed by atoms with Gasteiger partial charge in [0.15, 0.2) is 0 Å². The Hall–Kier alpha value is -2.50. The molecule has 3 aromatic rings. The number of hydrogen-bond acceptors (Lipinski definition) is 3. The van der Waals surface area contributed by atoms with Crippen LogP contribution in [0.5, 0.6) is 0 Å². The van der Waals surface area contributed by atoms with Gasteiger partial charge < -0.3 is 4.98 Å². The van der Waals surface area contributed by atoms with Gasteiger partial charge in [-0.2, -0.15) is 0 Å². The lowest BCUT2D eigenvalue weighted by Gasteiger charge is -2.27. The topological polar surface area (TPSA) is 49.0 Å². The standard InChI is InChI=1S/C21H19ClFN3O/c1-13-2-5-15(6-3-13)20-24-19-12-26(9-8-16(19)21(27)25-20)11-14-4-7-18(23)17(22)10-14/h2-7,10H,8-9,11-12H2,1H3,(H,24,25,27). The number of aromatic amines is 1. The van der Waals surface area contributed by atoms with Crippen LogP contribution >= 0.6 is 11.6 Å². The molecule has 0 spiro atoms. The van der Waals surface area contributed by atoms with Gasteiger partial charge in [0, 0.05) is 30.8 Å². The van der Waals surface area contributed by atoms with Crippen molar-refractivity contribution in [3.63, 3.8) is 0 Å². The van der Waals surface area contributed by atoms with E-state index in [0.717, 1.165) is 34.5 Å². The largest absolute Gasteiger partial charge is 0.306 e. The van der Waals surface area contributed by atoms with E-state index in [1.165, 1.54) is 6.07 Å². The third-order valence-electron chi connectivity index (χ3n) is 4.87. The summed E-state index contributed by atoms with van der Waals surface area (Å²) >= 11 is 5.88. The van der Waals surface area contributed by atoms with E-state index in [9.17, 15) is 9.18 Å². The molecule has 138 valence electrons. The van der Waals surface area contributed by atoms with Gasteiger partial charge in [-0.15, -0.1) is 0 Å². The minimum Gasteiger partial charge on any atom is -0.306 e. The van der Waals surface area contributed by atoms with Crippen LogP contribution in [0.15, 0.2) is 47.3 Å². The smallest absolute Gasteiger partial charge is 0.254 e. The van der Waals surface area contributed by atoms with Crippen molar-refractivity contribution in [3.05, 3.63) is 86.0 Å². The number of halogens is 2. The van der Waals surface area contributed by atoms with Crippen molar-refractivity contribution in [2.24, 2.45) is 0 Å². The number of nitrogens with zero attached hydrogens (tertiary/aromatic N) is 2. The number of aryl methyl sites for hydroxylation is 1. The van der Waals surface area contributed by atoms with E-state index in [4.69, 9.17) is 16.6 Å². The number of fused-ring (bicyclic) bond motifs is 1. The molecule has 0 unspecified atom stereocenters. The third kappa shape index (κ3) is 3.80. The first kappa shape index (κ1) is 17.9. The molecule has 1 aliphatic rings. The van der Waals surface area contributed by atoms with Crippen molar-refractivity contribution in [2.45, 2.75) is 26.4 Å². The van der Waals surface area contributed by atoms with Gasteiger partial charge in [0.1, 0.15) is 11.6 Å². The Kier molecular flexibility index (Phi) is 4.81. The molecule has 0 fully saturated rings. The maximum absolute atomic E-state index is 13.4. The van der Waals surface area contributed by atoms with Crippen LogP contribution < -0.4 is 5.56 Å². The molecule has 1 N–H and O–H groups in total. The first-order chi connectivity index (χ1) is 13.0. The maximum atomic E-state index is 13.4. The SMILES string of the molecule is Cc1ccc(-c2nc3c(c(=O)[nH]2)CCN(Cc2ccc(F)c(Cl)c2)C3)cc1. The fraction of sp³-hybridized carbons (Fsp3) is 0.238. The van der Waals surface area contributed by atoms with E-state index >= 15 is 0 Å². The fourth-order valence-electron chi connectivity index (χ4n) is 3.37. The van der Waals surface area contributed by atoms with Crippen molar-refractivity contribution in [2.75, 3.05) is 6.54 Å². The Labute approximate surface area is 161 Å². The summed E-state index contributed by atoms with van der Waals surface area (Å²) in [5.41, 5.74) is 4.47. The lowest BCUT2D eigenvalue weighted by Crippen LogP contribution is -2.35. The Balaban J connectivity index is 1.60. The highest BCUT2D eigenvalue weighted by atomic mass is 35.5. The van der Waals surface area contributed by atoms with Gasteiger partial charge in [0.05, 0.1) is 10.7 Å². The summed E-state index contributed by atoms with van der Waals surface area (Å²) in [7, 11) is 0. The molecule has 0 radical (unpaired) electrons. The minimum absolute atomic E-state index is 0.0694. The van der Waals surface area contributed by atoms with E-state index < -0.39 is 5.82 Å². The van der Waals surface area contributed by atoms with Gasteiger partial charge in [-0.25, -0.2) is 9.37 Å². The summed E-state index contributed by atoms with van der Waals surface area (Å²) in [6, 6.07) is 12.7. The number of H-pyrrole nitrogens is 1. The molecule has 0 saturated carbocycles. The van der Waals surface area contributed by atoms with E-state index in [-0.39, 0.29) is 10.6 Å². The van der Waals surface area contributed by atoms with Crippen LogP contribution in [0.4, 0.5) is 4.39 Å². The Morgan fingerprint density at radius 1 is 1.22 bits per heavy atom. The predicted octanol–water partition coefficient (Wildman–Crippen LogP) is 4.10. The molecular weight excluding hydrogens is 365 g/mol. The second kappa shape index (κ2) is 7.25. The molecule has 0 aliphatic carbocycles. The van der Waals surface area contributed by atoms with Crippen molar-refractivity contribution < 1.29 is 4.39 Å². The third-order valence-corrected chi connectivity index (χ3v) is 5.16. The van der Waals surface area contributed by atoms with Gasteiger partial charge in [-0.3, -0.25) is 9.69 Å². The molecule has 6 heteroatoms. The van der Waals surface area contributed by atoms with Gasteiger partial charge >= 0.3 is 0 Å². The molecule has 0 atom stereocenters. The van der Waals surface area contributed by atoms with Crippen molar-refractivity contribution >= 4 is 11.6 Å². The minimum atomic E-state index is -0.416. The molecular formula is C21H19ClFN3O.